The lowest BCUT2D eigenvalue weighted by Crippen LogP contribution is -2.38. The molecular formula is C12H24N4O. The molecule has 2 unspecified atom stereocenters. The molecule has 1 aromatic heterocycles. The molecule has 17 heavy (non-hydrogen) atoms. The molecule has 0 amide bonds. The van der Waals surface area contributed by atoms with E-state index in [0.29, 0.717) is 0 Å². The third kappa shape index (κ3) is 4.11. The lowest BCUT2D eigenvalue weighted by molar-refractivity contribution is 0.102. The van der Waals surface area contributed by atoms with Crippen molar-refractivity contribution < 1.29 is 4.74 Å². The second-order valence-corrected chi connectivity index (χ2v) is 4.43. The molecule has 0 aromatic carbocycles. The second-order valence-electron chi connectivity index (χ2n) is 4.43. The van der Waals surface area contributed by atoms with Gasteiger partial charge in [-0.1, -0.05) is 0 Å². The Morgan fingerprint density at radius 2 is 2.29 bits per heavy atom. The molecule has 0 radical (unpaired) electrons. The van der Waals surface area contributed by atoms with Crippen LogP contribution in [0.25, 0.3) is 0 Å². The van der Waals surface area contributed by atoms with Crippen molar-refractivity contribution in [2.45, 2.75) is 25.9 Å². The number of ether oxygens (including phenoxy) is 1. The molecule has 0 aliphatic heterocycles. The Kier molecular flexibility index (Phi) is 5.61. The summed E-state index contributed by atoms with van der Waals surface area (Å²) < 4.78 is 7.18. The SMILES string of the molecule is CCOCCN(C)C(c1cnn(C)c1)C(C)N. The zero-order valence-electron chi connectivity index (χ0n) is 11.3. The van der Waals surface area contributed by atoms with E-state index in [9.17, 15) is 0 Å². The maximum Gasteiger partial charge on any atom is 0.0593 e. The topological polar surface area (TPSA) is 56.3 Å². The van der Waals surface area contributed by atoms with Crippen LogP contribution in [0.15, 0.2) is 12.4 Å². The molecule has 0 saturated heterocycles. The summed E-state index contributed by atoms with van der Waals surface area (Å²) in [5, 5.41) is 4.20. The minimum absolute atomic E-state index is 0.0610. The van der Waals surface area contributed by atoms with Crippen LogP contribution in [0.4, 0.5) is 0 Å². The third-order valence-electron chi connectivity index (χ3n) is 2.83. The third-order valence-corrected chi connectivity index (χ3v) is 2.83. The Hall–Kier alpha value is -0.910. The molecule has 2 N–H and O–H groups in total. The van der Waals surface area contributed by atoms with Crippen LogP contribution >= 0.6 is 0 Å². The zero-order chi connectivity index (χ0) is 12.8. The molecule has 5 heteroatoms. The lowest BCUT2D eigenvalue weighted by Gasteiger charge is -2.30. The summed E-state index contributed by atoms with van der Waals surface area (Å²) in [4.78, 5) is 2.22. The van der Waals surface area contributed by atoms with Crippen LogP contribution in [0.5, 0.6) is 0 Å². The average molecular weight is 240 g/mol. The van der Waals surface area contributed by atoms with Gasteiger partial charge in [0.05, 0.1) is 18.8 Å². The lowest BCUT2D eigenvalue weighted by atomic mass is 10.0. The van der Waals surface area contributed by atoms with E-state index >= 15 is 0 Å². The molecule has 2 atom stereocenters. The van der Waals surface area contributed by atoms with Gasteiger partial charge in [-0.3, -0.25) is 9.58 Å². The standard InChI is InChI=1S/C12H24N4O/c1-5-17-7-6-15(3)12(10(2)13)11-8-14-16(4)9-11/h8-10,12H,5-7,13H2,1-4H3. The summed E-state index contributed by atoms with van der Waals surface area (Å²) in [5.74, 6) is 0. The first-order chi connectivity index (χ1) is 8.06. The summed E-state index contributed by atoms with van der Waals surface area (Å²) in [6, 6.07) is 0.245. The highest BCUT2D eigenvalue weighted by molar-refractivity contribution is 5.12. The number of aromatic nitrogens is 2. The van der Waals surface area contributed by atoms with E-state index in [1.807, 2.05) is 33.3 Å². The Bertz CT molecular complexity index is 324. The van der Waals surface area contributed by atoms with Gasteiger partial charge in [-0.15, -0.1) is 0 Å². The van der Waals surface area contributed by atoms with Crippen molar-refractivity contribution in [1.29, 1.82) is 0 Å². The Morgan fingerprint density at radius 3 is 2.76 bits per heavy atom. The minimum atomic E-state index is 0.0610. The summed E-state index contributed by atoms with van der Waals surface area (Å²) >= 11 is 0. The van der Waals surface area contributed by atoms with Gasteiger partial charge in [-0.25, -0.2) is 0 Å². The van der Waals surface area contributed by atoms with Gasteiger partial charge in [0.2, 0.25) is 0 Å². The number of hydrogen-bond acceptors (Lipinski definition) is 4. The van der Waals surface area contributed by atoms with E-state index in [1.165, 1.54) is 0 Å². The number of rotatable bonds is 7. The molecular weight excluding hydrogens is 216 g/mol. The number of hydrogen-bond donors (Lipinski definition) is 1. The molecule has 1 rings (SSSR count). The predicted molar refractivity (Wildman–Crippen MR) is 68.7 cm³/mol. The van der Waals surface area contributed by atoms with Gasteiger partial charge in [0.15, 0.2) is 0 Å². The summed E-state index contributed by atoms with van der Waals surface area (Å²) in [5.41, 5.74) is 7.22. The van der Waals surface area contributed by atoms with E-state index in [-0.39, 0.29) is 12.1 Å². The fourth-order valence-corrected chi connectivity index (χ4v) is 2.04. The van der Waals surface area contributed by atoms with Crippen LogP contribution in [0.3, 0.4) is 0 Å². The number of nitrogens with two attached hydrogens (primary N) is 1. The van der Waals surface area contributed by atoms with Crippen LogP contribution in [0.2, 0.25) is 0 Å². The molecule has 1 heterocycles. The molecule has 1 aromatic rings. The largest absolute Gasteiger partial charge is 0.380 e. The van der Waals surface area contributed by atoms with Crippen molar-refractivity contribution in [1.82, 2.24) is 14.7 Å². The molecule has 0 fully saturated rings. The molecule has 0 bridgehead atoms. The van der Waals surface area contributed by atoms with Crippen molar-refractivity contribution in [3.05, 3.63) is 18.0 Å². The quantitative estimate of drug-likeness (QED) is 0.716. The van der Waals surface area contributed by atoms with Crippen LogP contribution in [0.1, 0.15) is 25.5 Å². The molecule has 0 aliphatic carbocycles. The van der Waals surface area contributed by atoms with Crippen molar-refractivity contribution >= 4 is 0 Å². The number of aryl methyl sites for hydroxylation is 1. The van der Waals surface area contributed by atoms with E-state index in [0.717, 1.165) is 25.3 Å². The Labute approximate surface area is 104 Å². The fourth-order valence-electron chi connectivity index (χ4n) is 2.04. The molecule has 0 aliphatic rings. The molecule has 98 valence electrons. The summed E-state index contributed by atoms with van der Waals surface area (Å²) in [7, 11) is 3.99. The maximum atomic E-state index is 6.06. The normalized spacial score (nSPS) is 15.2. The van der Waals surface area contributed by atoms with Gasteiger partial charge < -0.3 is 10.5 Å². The highest BCUT2D eigenvalue weighted by atomic mass is 16.5. The maximum absolute atomic E-state index is 6.06. The van der Waals surface area contributed by atoms with Gasteiger partial charge in [-0.05, 0) is 20.9 Å². The first-order valence-corrected chi connectivity index (χ1v) is 6.08. The Morgan fingerprint density at radius 1 is 1.59 bits per heavy atom. The number of likely N-dealkylation sites (N-methyl/N-ethyl adjacent to an activating group) is 1. The minimum Gasteiger partial charge on any atom is -0.380 e. The smallest absolute Gasteiger partial charge is 0.0593 e. The molecule has 0 spiro atoms. The van der Waals surface area contributed by atoms with Gasteiger partial charge in [0, 0.05) is 38.0 Å². The highest BCUT2D eigenvalue weighted by Gasteiger charge is 2.22. The highest BCUT2D eigenvalue weighted by Crippen LogP contribution is 2.21. The first kappa shape index (κ1) is 14.2. The fraction of sp³-hybridized carbons (Fsp3) is 0.750. The van der Waals surface area contributed by atoms with Crippen molar-refractivity contribution in [2.75, 3.05) is 26.8 Å². The molecule has 0 saturated carbocycles. The predicted octanol–water partition coefficient (Wildman–Crippen LogP) is 0.777. The summed E-state index contributed by atoms with van der Waals surface area (Å²) in [6.07, 6.45) is 3.90. The van der Waals surface area contributed by atoms with Crippen molar-refractivity contribution in [2.24, 2.45) is 12.8 Å². The van der Waals surface area contributed by atoms with Crippen molar-refractivity contribution in [3.8, 4) is 0 Å². The van der Waals surface area contributed by atoms with E-state index in [1.54, 1.807) is 4.68 Å². The van der Waals surface area contributed by atoms with E-state index in [2.05, 4.69) is 17.0 Å². The Balaban J connectivity index is 2.65. The second kappa shape index (κ2) is 6.74. The van der Waals surface area contributed by atoms with Gasteiger partial charge in [-0.2, -0.15) is 5.10 Å². The van der Waals surface area contributed by atoms with Gasteiger partial charge in [0.25, 0.3) is 0 Å². The van der Waals surface area contributed by atoms with Crippen LogP contribution in [0, 0.1) is 0 Å². The zero-order valence-corrected chi connectivity index (χ0v) is 11.3. The first-order valence-electron chi connectivity index (χ1n) is 6.08. The van der Waals surface area contributed by atoms with Crippen LogP contribution < -0.4 is 5.73 Å². The van der Waals surface area contributed by atoms with Crippen LogP contribution in [-0.2, 0) is 11.8 Å². The monoisotopic (exact) mass is 240 g/mol. The van der Waals surface area contributed by atoms with Gasteiger partial charge >= 0.3 is 0 Å². The average Bonchev–Trinajstić information content (AvgIpc) is 2.65. The van der Waals surface area contributed by atoms with E-state index in [4.69, 9.17) is 10.5 Å². The molecule has 5 nitrogen and oxygen atoms in total. The number of nitrogens with zero attached hydrogens (tertiary/aromatic N) is 3. The van der Waals surface area contributed by atoms with Crippen LogP contribution in [-0.4, -0.2) is 47.5 Å². The van der Waals surface area contributed by atoms with Crippen molar-refractivity contribution in [3.63, 3.8) is 0 Å². The van der Waals surface area contributed by atoms with Gasteiger partial charge in [0.1, 0.15) is 0 Å². The van der Waals surface area contributed by atoms with E-state index < -0.39 is 0 Å². The summed E-state index contributed by atoms with van der Waals surface area (Å²) in [6.45, 7) is 6.38.